The molecule has 2 nitrogen and oxygen atoms in total. The molecule has 84 valence electrons. The molecule has 0 aromatic heterocycles. The lowest BCUT2D eigenvalue weighted by atomic mass is 10.1. The molecule has 2 N–H and O–H groups in total. The van der Waals surface area contributed by atoms with E-state index >= 15 is 0 Å². The minimum Gasteiger partial charge on any atom is -0.492 e. The van der Waals surface area contributed by atoms with Crippen LogP contribution in [0.4, 0.5) is 0 Å². The Morgan fingerprint density at radius 2 is 2.07 bits per heavy atom. The third-order valence-electron chi connectivity index (χ3n) is 1.92. The van der Waals surface area contributed by atoms with E-state index in [0.717, 1.165) is 26.7 Å². The molecule has 1 rings (SSSR count). The van der Waals surface area contributed by atoms with Gasteiger partial charge in [-0.25, -0.2) is 0 Å². The van der Waals surface area contributed by atoms with Crippen LogP contribution in [0.3, 0.4) is 0 Å². The highest BCUT2D eigenvalue weighted by molar-refractivity contribution is 9.11. The molecule has 0 bridgehead atoms. The molecule has 0 saturated carbocycles. The van der Waals surface area contributed by atoms with Crippen molar-refractivity contribution in [3.63, 3.8) is 0 Å². The molecule has 0 aliphatic heterocycles. The summed E-state index contributed by atoms with van der Waals surface area (Å²) in [7, 11) is 0. The first-order chi connectivity index (χ1) is 7.04. The Hall–Kier alpha value is -0.0600. The van der Waals surface area contributed by atoms with Crippen molar-refractivity contribution >= 4 is 31.9 Å². The summed E-state index contributed by atoms with van der Waals surface area (Å²) >= 11 is 6.95. The number of benzene rings is 1. The Morgan fingerprint density at radius 3 is 2.60 bits per heavy atom. The zero-order chi connectivity index (χ0) is 11.4. The minimum atomic E-state index is 0.130. The average Bonchev–Trinajstić information content (AvgIpc) is 2.10. The van der Waals surface area contributed by atoms with Crippen molar-refractivity contribution in [3.8, 4) is 5.75 Å². The van der Waals surface area contributed by atoms with Gasteiger partial charge in [-0.3, -0.25) is 0 Å². The van der Waals surface area contributed by atoms with Crippen LogP contribution in [0.15, 0.2) is 21.1 Å². The van der Waals surface area contributed by atoms with Gasteiger partial charge in [0.25, 0.3) is 0 Å². The van der Waals surface area contributed by atoms with Gasteiger partial charge in [0.05, 0.1) is 11.1 Å². The van der Waals surface area contributed by atoms with Crippen LogP contribution in [0.1, 0.15) is 19.4 Å². The maximum absolute atomic E-state index is 5.80. The van der Waals surface area contributed by atoms with Gasteiger partial charge in [0.15, 0.2) is 0 Å². The molecule has 1 unspecified atom stereocenters. The highest BCUT2D eigenvalue weighted by Gasteiger charge is 2.11. The van der Waals surface area contributed by atoms with Gasteiger partial charge in [-0.2, -0.15) is 0 Å². The number of hydrogen-bond donors (Lipinski definition) is 1. The van der Waals surface area contributed by atoms with Crippen molar-refractivity contribution in [2.24, 2.45) is 5.73 Å². The van der Waals surface area contributed by atoms with Gasteiger partial charge in [0, 0.05) is 10.5 Å². The second-order valence-electron chi connectivity index (χ2n) is 3.49. The van der Waals surface area contributed by atoms with Crippen LogP contribution >= 0.6 is 31.9 Å². The molecule has 0 fully saturated rings. The van der Waals surface area contributed by atoms with Gasteiger partial charge >= 0.3 is 0 Å². The van der Waals surface area contributed by atoms with Crippen LogP contribution in [0.25, 0.3) is 0 Å². The lowest BCUT2D eigenvalue weighted by Gasteiger charge is -2.14. The molecule has 1 atom stereocenters. The molecule has 0 aliphatic carbocycles. The number of hydrogen-bond acceptors (Lipinski definition) is 2. The second-order valence-corrected chi connectivity index (χ2v) is 5.26. The molecular formula is C11H15Br2NO. The third-order valence-corrected chi connectivity index (χ3v) is 2.96. The SMILES string of the molecule is CCOc1c(Br)cc(Br)cc1CC(C)N. The molecule has 0 amide bonds. The summed E-state index contributed by atoms with van der Waals surface area (Å²) in [6, 6.07) is 4.17. The first-order valence-corrected chi connectivity index (χ1v) is 6.49. The van der Waals surface area contributed by atoms with Crippen molar-refractivity contribution in [3.05, 3.63) is 26.6 Å². The lowest BCUT2D eigenvalue weighted by molar-refractivity contribution is 0.333. The van der Waals surface area contributed by atoms with Gasteiger partial charge < -0.3 is 10.5 Å². The van der Waals surface area contributed by atoms with E-state index in [-0.39, 0.29) is 6.04 Å². The van der Waals surface area contributed by atoms with E-state index in [2.05, 4.69) is 37.9 Å². The maximum atomic E-state index is 5.80. The largest absolute Gasteiger partial charge is 0.492 e. The average molecular weight is 337 g/mol. The van der Waals surface area contributed by atoms with Crippen molar-refractivity contribution in [1.82, 2.24) is 0 Å². The number of ether oxygens (including phenoxy) is 1. The van der Waals surface area contributed by atoms with Gasteiger partial charge in [-0.05, 0) is 53.9 Å². The predicted molar refractivity (Wildman–Crippen MR) is 70.4 cm³/mol. The first-order valence-electron chi connectivity index (χ1n) is 4.91. The normalized spacial score (nSPS) is 12.6. The van der Waals surface area contributed by atoms with Crippen molar-refractivity contribution in [1.29, 1.82) is 0 Å². The number of nitrogens with two attached hydrogens (primary N) is 1. The zero-order valence-electron chi connectivity index (χ0n) is 8.89. The van der Waals surface area contributed by atoms with E-state index in [1.807, 2.05) is 19.9 Å². The highest BCUT2D eigenvalue weighted by atomic mass is 79.9. The Bertz CT molecular complexity index is 340. The van der Waals surface area contributed by atoms with Gasteiger partial charge in [-0.15, -0.1) is 0 Å². The Balaban J connectivity index is 3.08. The van der Waals surface area contributed by atoms with Crippen LogP contribution in [0, 0.1) is 0 Å². The summed E-state index contributed by atoms with van der Waals surface area (Å²) in [5.74, 6) is 0.901. The monoisotopic (exact) mass is 335 g/mol. The fraction of sp³-hybridized carbons (Fsp3) is 0.455. The van der Waals surface area contributed by atoms with E-state index < -0.39 is 0 Å². The summed E-state index contributed by atoms with van der Waals surface area (Å²) in [6.45, 7) is 4.63. The molecule has 0 radical (unpaired) electrons. The van der Waals surface area contributed by atoms with Crippen LogP contribution in [-0.4, -0.2) is 12.6 Å². The number of rotatable bonds is 4. The molecule has 4 heteroatoms. The molecule has 1 aromatic rings. The Kier molecular flexibility index (Phi) is 5.09. The van der Waals surface area contributed by atoms with Gasteiger partial charge in [0.2, 0.25) is 0 Å². The van der Waals surface area contributed by atoms with Gasteiger partial charge in [-0.1, -0.05) is 15.9 Å². The van der Waals surface area contributed by atoms with E-state index in [1.165, 1.54) is 0 Å². The number of halogens is 2. The van der Waals surface area contributed by atoms with Crippen molar-refractivity contribution < 1.29 is 4.74 Å². The smallest absolute Gasteiger partial charge is 0.136 e. The predicted octanol–water partition coefficient (Wildman–Crippen LogP) is 3.50. The summed E-state index contributed by atoms with van der Waals surface area (Å²) in [4.78, 5) is 0. The minimum absolute atomic E-state index is 0.130. The van der Waals surface area contributed by atoms with Crippen LogP contribution in [-0.2, 0) is 6.42 Å². The fourth-order valence-corrected chi connectivity index (χ4v) is 2.85. The van der Waals surface area contributed by atoms with E-state index in [1.54, 1.807) is 0 Å². The second kappa shape index (κ2) is 5.87. The van der Waals surface area contributed by atoms with Gasteiger partial charge in [0.1, 0.15) is 5.75 Å². The topological polar surface area (TPSA) is 35.2 Å². The van der Waals surface area contributed by atoms with Crippen LogP contribution in [0.2, 0.25) is 0 Å². The third kappa shape index (κ3) is 3.78. The summed E-state index contributed by atoms with van der Waals surface area (Å²) in [6.07, 6.45) is 0.813. The van der Waals surface area contributed by atoms with E-state index in [0.29, 0.717) is 6.61 Å². The molecule has 0 saturated heterocycles. The molecule has 0 heterocycles. The highest BCUT2D eigenvalue weighted by Crippen LogP contribution is 2.33. The first kappa shape index (κ1) is 13.0. The maximum Gasteiger partial charge on any atom is 0.136 e. The van der Waals surface area contributed by atoms with Crippen molar-refractivity contribution in [2.45, 2.75) is 26.3 Å². The molecule has 0 spiro atoms. The molecule has 15 heavy (non-hydrogen) atoms. The fourth-order valence-electron chi connectivity index (χ4n) is 1.42. The standard InChI is InChI=1S/C11H15Br2NO/c1-3-15-11-8(4-7(2)14)5-9(12)6-10(11)13/h5-7H,3-4,14H2,1-2H3. The Morgan fingerprint density at radius 1 is 1.40 bits per heavy atom. The van der Waals surface area contributed by atoms with Crippen molar-refractivity contribution in [2.75, 3.05) is 6.61 Å². The van der Waals surface area contributed by atoms with E-state index in [4.69, 9.17) is 10.5 Å². The quantitative estimate of drug-likeness (QED) is 0.913. The van der Waals surface area contributed by atoms with Crippen LogP contribution < -0.4 is 10.5 Å². The molecule has 1 aromatic carbocycles. The Labute approximate surface area is 107 Å². The van der Waals surface area contributed by atoms with Crippen LogP contribution in [0.5, 0.6) is 5.75 Å². The molecular weight excluding hydrogens is 322 g/mol. The zero-order valence-corrected chi connectivity index (χ0v) is 12.1. The molecule has 0 aliphatic rings. The summed E-state index contributed by atoms with van der Waals surface area (Å²) < 4.78 is 7.60. The summed E-state index contributed by atoms with van der Waals surface area (Å²) in [5.41, 5.74) is 6.94. The summed E-state index contributed by atoms with van der Waals surface area (Å²) in [5, 5.41) is 0. The van der Waals surface area contributed by atoms with E-state index in [9.17, 15) is 0 Å². The lowest BCUT2D eigenvalue weighted by Crippen LogP contribution is -2.18.